The number of nitrogens with zero attached hydrogens (tertiary/aromatic N) is 3. The van der Waals surface area contributed by atoms with Crippen molar-refractivity contribution in [3.05, 3.63) is 96.6 Å². The highest BCUT2D eigenvalue weighted by Gasteiger charge is 2.31. The predicted octanol–water partition coefficient (Wildman–Crippen LogP) is 3.72. The first-order valence-corrected chi connectivity index (χ1v) is 10.4. The zero-order chi connectivity index (χ0) is 22.6. The topological polar surface area (TPSA) is 78.0 Å². The molecule has 1 aliphatic carbocycles. The highest BCUT2D eigenvalue weighted by Crippen LogP contribution is 2.33. The van der Waals surface area contributed by atoms with Crippen LogP contribution in [0.25, 0.3) is 16.7 Å². The van der Waals surface area contributed by atoms with Crippen molar-refractivity contribution in [2.45, 2.75) is 18.9 Å². The molecule has 2 aromatic heterocycles. The van der Waals surface area contributed by atoms with E-state index < -0.39 is 22.6 Å². The quantitative estimate of drug-likeness (QED) is 0.512. The molecule has 0 unspecified atom stereocenters. The van der Waals surface area contributed by atoms with Crippen molar-refractivity contribution in [1.29, 1.82) is 0 Å². The van der Waals surface area contributed by atoms with E-state index >= 15 is 0 Å². The molecule has 9 heteroatoms. The second-order valence-electron chi connectivity index (χ2n) is 7.76. The van der Waals surface area contributed by atoms with Gasteiger partial charge in [0, 0.05) is 29.9 Å². The van der Waals surface area contributed by atoms with Crippen LogP contribution in [0.4, 0.5) is 15.8 Å². The lowest BCUT2D eigenvalue weighted by Crippen LogP contribution is -2.41. The number of pyridine rings is 1. The first-order valence-electron chi connectivity index (χ1n) is 10.1. The molecule has 0 atom stereocenters. The molecule has 0 bridgehead atoms. The molecule has 0 radical (unpaired) electrons. The van der Waals surface area contributed by atoms with Gasteiger partial charge in [0.15, 0.2) is 0 Å². The minimum atomic E-state index is -0.672. The van der Waals surface area contributed by atoms with Gasteiger partial charge in [-0.3, -0.25) is 18.7 Å². The Balaban J connectivity index is 1.92. The van der Waals surface area contributed by atoms with E-state index in [-0.39, 0.29) is 28.5 Å². The number of para-hydroxylation sites is 1. The number of aryl methyl sites for hydroxylation is 1. The molecule has 0 aliphatic heterocycles. The maximum Gasteiger partial charge on any atom is 0.337 e. The number of hydrogen-bond donors (Lipinski definition) is 1. The first kappa shape index (κ1) is 20.3. The molecule has 162 valence electrons. The van der Waals surface area contributed by atoms with Gasteiger partial charge in [0.1, 0.15) is 16.9 Å². The largest absolute Gasteiger partial charge is 0.355 e. The van der Waals surface area contributed by atoms with Gasteiger partial charge in [0.05, 0.1) is 11.4 Å². The molecule has 1 fully saturated rings. The highest BCUT2D eigenvalue weighted by atomic mass is 35.5. The molecule has 0 spiro atoms. The fraction of sp³-hybridized carbons (Fsp3) is 0.174. The fourth-order valence-corrected chi connectivity index (χ4v) is 3.98. The molecular weight excluding hydrogens is 435 g/mol. The SMILES string of the molecule is Cn1c(=O)cc(Nc2ccc(Cl)cc2)c2c(=O)n(C3CC3)c(=O)n(-c3ccccc3F)c21. The molecule has 1 saturated carbocycles. The van der Waals surface area contributed by atoms with Crippen LogP contribution in [0.15, 0.2) is 69.0 Å². The maximum absolute atomic E-state index is 14.8. The summed E-state index contributed by atoms with van der Waals surface area (Å²) in [5.41, 5.74) is -0.829. The van der Waals surface area contributed by atoms with Crippen LogP contribution in [0.1, 0.15) is 18.9 Å². The molecule has 1 aliphatic rings. The van der Waals surface area contributed by atoms with Crippen LogP contribution < -0.4 is 22.1 Å². The second-order valence-corrected chi connectivity index (χ2v) is 8.20. The maximum atomic E-state index is 14.8. The van der Waals surface area contributed by atoms with E-state index in [9.17, 15) is 18.8 Å². The van der Waals surface area contributed by atoms with Crippen molar-refractivity contribution in [3.8, 4) is 5.69 Å². The zero-order valence-corrected chi connectivity index (χ0v) is 17.8. The van der Waals surface area contributed by atoms with Gasteiger partial charge in [-0.05, 0) is 49.2 Å². The van der Waals surface area contributed by atoms with Crippen molar-refractivity contribution in [3.63, 3.8) is 0 Å². The third-order valence-electron chi connectivity index (χ3n) is 5.58. The van der Waals surface area contributed by atoms with Crippen LogP contribution in [0.3, 0.4) is 0 Å². The summed E-state index contributed by atoms with van der Waals surface area (Å²) in [6, 6.07) is 13.6. The number of nitrogens with one attached hydrogen (secondary N) is 1. The average Bonchev–Trinajstić information content (AvgIpc) is 3.59. The predicted molar refractivity (Wildman–Crippen MR) is 122 cm³/mol. The Morgan fingerprint density at radius 2 is 1.72 bits per heavy atom. The van der Waals surface area contributed by atoms with Gasteiger partial charge < -0.3 is 5.32 Å². The van der Waals surface area contributed by atoms with Crippen molar-refractivity contribution < 1.29 is 4.39 Å². The van der Waals surface area contributed by atoms with Crippen LogP contribution in [0.5, 0.6) is 0 Å². The Labute approximate surface area is 185 Å². The minimum Gasteiger partial charge on any atom is -0.355 e. The molecule has 2 heterocycles. The molecule has 1 N–H and O–H groups in total. The van der Waals surface area contributed by atoms with Crippen molar-refractivity contribution in [1.82, 2.24) is 13.7 Å². The Kier molecular flexibility index (Phi) is 4.74. The van der Waals surface area contributed by atoms with E-state index in [4.69, 9.17) is 11.6 Å². The summed E-state index contributed by atoms with van der Waals surface area (Å²) >= 11 is 5.96. The Hall–Kier alpha value is -3.65. The number of aromatic nitrogens is 3. The highest BCUT2D eigenvalue weighted by molar-refractivity contribution is 6.30. The van der Waals surface area contributed by atoms with Gasteiger partial charge in [0.2, 0.25) is 0 Å². The van der Waals surface area contributed by atoms with Crippen LogP contribution in [0.2, 0.25) is 5.02 Å². The third-order valence-corrected chi connectivity index (χ3v) is 5.83. The molecular formula is C23H18ClFN4O3. The summed E-state index contributed by atoms with van der Waals surface area (Å²) in [6.07, 6.45) is 1.37. The number of fused-ring (bicyclic) bond motifs is 1. The van der Waals surface area contributed by atoms with E-state index in [1.165, 1.54) is 35.9 Å². The average molecular weight is 453 g/mol. The summed E-state index contributed by atoms with van der Waals surface area (Å²) in [5, 5.41) is 3.75. The molecule has 0 saturated heterocycles. The fourth-order valence-electron chi connectivity index (χ4n) is 3.86. The summed E-state index contributed by atoms with van der Waals surface area (Å²) in [7, 11) is 1.45. The Bertz CT molecular complexity index is 1550. The van der Waals surface area contributed by atoms with E-state index in [1.54, 1.807) is 30.3 Å². The smallest absolute Gasteiger partial charge is 0.337 e. The number of halogens is 2. The molecule has 0 amide bonds. The van der Waals surface area contributed by atoms with Gasteiger partial charge in [0.25, 0.3) is 11.1 Å². The third kappa shape index (κ3) is 3.23. The number of hydrogen-bond acceptors (Lipinski definition) is 4. The van der Waals surface area contributed by atoms with Gasteiger partial charge in [-0.15, -0.1) is 0 Å². The Morgan fingerprint density at radius 1 is 1.03 bits per heavy atom. The lowest BCUT2D eigenvalue weighted by Gasteiger charge is -2.19. The van der Waals surface area contributed by atoms with Gasteiger partial charge in [-0.25, -0.2) is 13.8 Å². The molecule has 2 aromatic carbocycles. The molecule has 7 nitrogen and oxygen atoms in total. The van der Waals surface area contributed by atoms with Crippen molar-refractivity contribution in [2.24, 2.45) is 7.05 Å². The number of anilines is 2. The van der Waals surface area contributed by atoms with E-state index in [1.807, 2.05) is 0 Å². The number of benzene rings is 2. The van der Waals surface area contributed by atoms with Crippen LogP contribution in [-0.2, 0) is 7.05 Å². The molecule has 5 rings (SSSR count). The summed E-state index contributed by atoms with van der Waals surface area (Å²) in [6.45, 7) is 0. The normalized spacial score (nSPS) is 13.5. The standard InChI is InChI=1S/C23H18ClFN4O3/c1-27-19(30)12-17(26-14-8-6-13(24)7-9-14)20-21(27)29(18-5-3-2-4-16(18)25)23(32)28(22(20)31)15-10-11-15/h2-9,12,15,26H,10-11H2,1H3. The van der Waals surface area contributed by atoms with Crippen molar-refractivity contribution >= 4 is 34.0 Å². The summed E-state index contributed by atoms with van der Waals surface area (Å²) in [4.78, 5) is 39.7. The van der Waals surface area contributed by atoms with Crippen LogP contribution >= 0.6 is 11.6 Å². The summed E-state index contributed by atoms with van der Waals surface area (Å²) < 4.78 is 18.2. The van der Waals surface area contributed by atoms with Crippen LogP contribution in [0, 0.1) is 5.82 Å². The first-order chi connectivity index (χ1) is 15.4. The molecule has 4 aromatic rings. The second kappa shape index (κ2) is 7.49. The minimum absolute atomic E-state index is 0.0194. The summed E-state index contributed by atoms with van der Waals surface area (Å²) in [5.74, 6) is -0.639. The number of rotatable bonds is 4. The van der Waals surface area contributed by atoms with Gasteiger partial charge >= 0.3 is 5.69 Å². The Morgan fingerprint density at radius 3 is 2.38 bits per heavy atom. The van der Waals surface area contributed by atoms with E-state index in [0.717, 1.165) is 9.13 Å². The van der Waals surface area contributed by atoms with Crippen LogP contribution in [-0.4, -0.2) is 13.7 Å². The van der Waals surface area contributed by atoms with E-state index in [2.05, 4.69) is 5.32 Å². The van der Waals surface area contributed by atoms with Gasteiger partial charge in [-0.1, -0.05) is 23.7 Å². The van der Waals surface area contributed by atoms with Gasteiger partial charge in [-0.2, -0.15) is 0 Å². The lowest BCUT2D eigenvalue weighted by molar-refractivity contribution is 0.597. The zero-order valence-electron chi connectivity index (χ0n) is 17.0. The molecule has 32 heavy (non-hydrogen) atoms. The lowest BCUT2D eigenvalue weighted by atomic mass is 10.2. The van der Waals surface area contributed by atoms with E-state index in [0.29, 0.717) is 23.6 Å². The monoisotopic (exact) mass is 452 g/mol. The van der Waals surface area contributed by atoms with Crippen molar-refractivity contribution in [2.75, 3.05) is 5.32 Å².